The molecule has 0 amide bonds. The van der Waals surface area contributed by atoms with Crippen molar-refractivity contribution >= 4 is 27.7 Å². The van der Waals surface area contributed by atoms with E-state index in [-0.39, 0.29) is 11.9 Å². The standard InChI is InChI=1S/C11H13BrFNS/c12-9-2-7(3-10(13)4-9)1-8-5-15-6-11(8)14/h2-4,8,11H,1,5-6,14H2. The van der Waals surface area contributed by atoms with Gasteiger partial charge in [-0.3, -0.25) is 0 Å². The van der Waals surface area contributed by atoms with Crippen molar-refractivity contribution in [3.05, 3.63) is 34.1 Å². The van der Waals surface area contributed by atoms with Crippen molar-refractivity contribution in [3.8, 4) is 0 Å². The second-order valence-electron chi connectivity index (χ2n) is 3.94. The third-order valence-corrected chi connectivity index (χ3v) is 4.41. The quantitative estimate of drug-likeness (QED) is 0.906. The molecule has 1 fully saturated rings. The third kappa shape index (κ3) is 2.95. The Balaban J connectivity index is 2.10. The molecule has 0 aromatic heterocycles. The largest absolute Gasteiger partial charge is 0.327 e. The SMILES string of the molecule is NC1CSCC1Cc1cc(F)cc(Br)c1. The molecule has 2 rings (SSSR count). The van der Waals surface area contributed by atoms with Crippen LogP contribution in [0.3, 0.4) is 0 Å². The summed E-state index contributed by atoms with van der Waals surface area (Å²) in [5.74, 6) is 2.43. The molecule has 2 N–H and O–H groups in total. The zero-order valence-electron chi connectivity index (χ0n) is 8.25. The summed E-state index contributed by atoms with van der Waals surface area (Å²) in [6.07, 6.45) is 0.879. The lowest BCUT2D eigenvalue weighted by atomic mass is 9.95. The van der Waals surface area contributed by atoms with Gasteiger partial charge in [0.15, 0.2) is 0 Å². The maximum absolute atomic E-state index is 13.1. The van der Waals surface area contributed by atoms with Gasteiger partial charge in [0, 0.05) is 16.3 Å². The molecular weight excluding hydrogens is 277 g/mol. The molecule has 1 nitrogen and oxygen atoms in total. The molecule has 1 aliphatic rings. The van der Waals surface area contributed by atoms with Crippen molar-refractivity contribution in [2.45, 2.75) is 12.5 Å². The fourth-order valence-corrected chi connectivity index (χ4v) is 3.72. The number of benzene rings is 1. The van der Waals surface area contributed by atoms with Crippen LogP contribution in [0.15, 0.2) is 22.7 Å². The van der Waals surface area contributed by atoms with Crippen molar-refractivity contribution in [2.75, 3.05) is 11.5 Å². The number of hydrogen-bond acceptors (Lipinski definition) is 2. The molecule has 0 bridgehead atoms. The minimum Gasteiger partial charge on any atom is -0.327 e. The lowest BCUT2D eigenvalue weighted by Gasteiger charge is -2.14. The second kappa shape index (κ2) is 4.85. The topological polar surface area (TPSA) is 26.0 Å². The van der Waals surface area contributed by atoms with E-state index in [4.69, 9.17) is 5.73 Å². The van der Waals surface area contributed by atoms with Crippen LogP contribution in [0.1, 0.15) is 5.56 Å². The summed E-state index contributed by atoms with van der Waals surface area (Å²) < 4.78 is 13.9. The molecular formula is C11H13BrFNS. The highest BCUT2D eigenvalue weighted by molar-refractivity contribution is 9.10. The van der Waals surface area contributed by atoms with Gasteiger partial charge in [0.1, 0.15) is 5.82 Å². The summed E-state index contributed by atoms with van der Waals surface area (Å²) in [7, 11) is 0. The van der Waals surface area contributed by atoms with Gasteiger partial charge in [0.05, 0.1) is 0 Å². The molecule has 82 valence electrons. The smallest absolute Gasteiger partial charge is 0.124 e. The molecule has 1 aliphatic heterocycles. The molecule has 0 aliphatic carbocycles. The normalized spacial score (nSPS) is 25.8. The van der Waals surface area contributed by atoms with Crippen LogP contribution in [0.5, 0.6) is 0 Å². The van der Waals surface area contributed by atoms with E-state index in [1.807, 2.05) is 17.8 Å². The van der Waals surface area contributed by atoms with Gasteiger partial charge < -0.3 is 5.73 Å². The van der Waals surface area contributed by atoms with Crippen LogP contribution in [-0.2, 0) is 6.42 Å². The molecule has 2 atom stereocenters. The molecule has 1 heterocycles. The predicted molar refractivity (Wildman–Crippen MR) is 66.6 cm³/mol. The van der Waals surface area contributed by atoms with Crippen LogP contribution in [0.4, 0.5) is 4.39 Å². The Kier molecular flexibility index (Phi) is 3.69. The summed E-state index contributed by atoms with van der Waals surface area (Å²) in [5, 5.41) is 0. The van der Waals surface area contributed by atoms with Crippen molar-refractivity contribution in [1.82, 2.24) is 0 Å². The average molecular weight is 290 g/mol. The first-order chi connectivity index (χ1) is 7.15. The highest BCUT2D eigenvalue weighted by atomic mass is 79.9. The van der Waals surface area contributed by atoms with Gasteiger partial charge in [-0.1, -0.05) is 15.9 Å². The van der Waals surface area contributed by atoms with Crippen molar-refractivity contribution in [2.24, 2.45) is 11.7 Å². The minimum absolute atomic E-state index is 0.182. The molecule has 0 spiro atoms. The van der Waals surface area contributed by atoms with E-state index in [0.29, 0.717) is 5.92 Å². The van der Waals surface area contributed by atoms with Gasteiger partial charge in [-0.2, -0.15) is 11.8 Å². The highest BCUT2D eigenvalue weighted by Crippen LogP contribution is 2.27. The molecule has 15 heavy (non-hydrogen) atoms. The maximum atomic E-state index is 13.1. The first kappa shape index (κ1) is 11.4. The van der Waals surface area contributed by atoms with Gasteiger partial charge in [-0.15, -0.1) is 0 Å². The number of rotatable bonds is 2. The number of halogens is 2. The number of thioether (sulfide) groups is 1. The summed E-state index contributed by atoms with van der Waals surface area (Å²) in [4.78, 5) is 0. The molecule has 2 unspecified atom stereocenters. The lowest BCUT2D eigenvalue weighted by molar-refractivity contribution is 0.513. The van der Waals surface area contributed by atoms with Crippen molar-refractivity contribution < 1.29 is 4.39 Å². The van der Waals surface area contributed by atoms with Crippen molar-refractivity contribution in [3.63, 3.8) is 0 Å². The van der Waals surface area contributed by atoms with Gasteiger partial charge in [-0.25, -0.2) is 4.39 Å². The molecule has 1 saturated heterocycles. The average Bonchev–Trinajstić information content (AvgIpc) is 2.50. The Morgan fingerprint density at radius 1 is 1.40 bits per heavy atom. The predicted octanol–water partition coefficient (Wildman–Crippen LogP) is 2.82. The zero-order valence-corrected chi connectivity index (χ0v) is 10.7. The number of nitrogens with two attached hydrogens (primary N) is 1. The first-order valence-corrected chi connectivity index (χ1v) is 6.88. The Bertz CT molecular complexity index is 338. The fourth-order valence-electron chi connectivity index (χ4n) is 1.86. The summed E-state index contributed by atoms with van der Waals surface area (Å²) >= 11 is 5.19. The highest BCUT2D eigenvalue weighted by Gasteiger charge is 2.24. The minimum atomic E-state index is -0.182. The van der Waals surface area contributed by atoms with E-state index >= 15 is 0 Å². The Morgan fingerprint density at radius 3 is 2.80 bits per heavy atom. The monoisotopic (exact) mass is 289 g/mol. The van der Waals surface area contributed by atoms with Crippen LogP contribution in [0, 0.1) is 11.7 Å². The number of hydrogen-bond donors (Lipinski definition) is 1. The van der Waals surface area contributed by atoms with Gasteiger partial charge >= 0.3 is 0 Å². The van der Waals surface area contributed by atoms with Crippen LogP contribution >= 0.6 is 27.7 Å². The van der Waals surface area contributed by atoms with E-state index in [0.717, 1.165) is 28.0 Å². The van der Waals surface area contributed by atoms with E-state index in [2.05, 4.69) is 15.9 Å². The molecule has 0 radical (unpaired) electrons. The van der Waals surface area contributed by atoms with Crippen LogP contribution in [-0.4, -0.2) is 17.5 Å². The molecule has 1 aromatic rings. The second-order valence-corrected chi connectivity index (χ2v) is 5.93. The summed E-state index contributed by atoms with van der Waals surface area (Å²) in [6.45, 7) is 0. The molecule has 0 saturated carbocycles. The fraction of sp³-hybridized carbons (Fsp3) is 0.455. The van der Waals surface area contributed by atoms with Crippen LogP contribution < -0.4 is 5.73 Å². The van der Waals surface area contributed by atoms with E-state index < -0.39 is 0 Å². The Labute approximate surface area is 102 Å². The van der Waals surface area contributed by atoms with Crippen molar-refractivity contribution in [1.29, 1.82) is 0 Å². The molecule has 4 heteroatoms. The summed E-state index contributed by atoms with van der Waals surface area (Å²) in [6, 6.07) is 5.31. The van der Waals surface area contributed by atoms with Gasteiger partial charge in [0.25, 0.3) is 0 Å². The van der Waals surface area contributed by atoms with E-state index in [1.165, 1.54) is 6.07 Å². The molecule has 1 aromatic carbocycles. The Hall–Kier alpha value is -0.0600. The van der Waals surface area contributed by atoms with Crippen LogP contribution in [0.25, 0.3) is 0 Å². The summed E-state index contributed by atoms with van der Waals surface area (Å²) in [5.41, 5.74) is 7.01. The third-order valence-electron chi connectivity index (χ3n) is 2.67. The van der Waals surface area contributed by atoms with Gasteiger partial charge in [0.2, 0.25) is 0 Å². The zero-order chi connectivity index (χ0) is 10.8. The lowest BCUT2D eigenvalue weighted by Crippen LogP contribution is -2.29. The van der Waals surface area contributed by atoms with E-state index in [9.17, 15) is 4.39 Å². The van der Waals surface area contributed by atoms with Gasteiger partial charge in [-0.05, 0) is 41.9 Å². The Morgan fingerprint density at radius 2 is 2.20 bits per heavy atom. The maximum Gasteiger partial charge on any atom is 0.124 e. The van der Waals surface area contributed by atoms with Crippen LogP contribution in [0.2, 0.25) is 0 Å². The first-order valence-electron chi connectivity index (χ1n) is 4.93. The van der Waals surface area contributed by atoms with E-state index in [1.54, 1.807) is 6.07 Å².